The van der Waals surface area contributed by atoms with Crippen molar-refractivity contribution >= 4 is 24.8 Å². The van der Waals surface area contributed by atoms with Crippen LogP contribution in [0.15, 0.2) is 6.20 Å². The average Bonchev–Trinajstić information content (AvgIpc) is 3.04. The zero-order chi connectivity index (χ0) is 10.3. The summed E-state index contributed by atoms with van der Waals surface area (Å²) in [5.41, 5.74) is 1.34. The first-order valence-corrected chi connectivity index (χ1v) is 6.10. The van der Waals surface area contributed by atoms with E-state index >= 15 is 0 Å². The second-order valence-electron chi connectivity index (χ2n) is 4.90. The molecule has 2 heterocycles. The van der Waals surface area contributed by atoms with E-state index in [0.717, 1.165) is 12.5 Å². The van der Waals surface area contributed by atoms with E-state index < -0.39 is 0 Å². The van der Waals surface area contributed by atoms with Gasteiger partial charge in [-0.05, 0) is 39.2 Å². The number of piperidine rings is 1. The molecule has 2 fully saturated rings. The summed E-state index contributed by atoms with van der Waals surface area (Å²) in [4.78, 5) is 4.59. The summed E-state index contributed by atoms with van der Waals surface area (Å²) in [5.74, 6) is 2.11. The minimum atomic E-state index is 0. The first-order chi connectivity index (χ1) is 7.36. The smallest absolute Gasteiger partial charge is 0.112 e. The van der Waals surface area contributed by atoms with Crippen LogP contribution in [0.25, 0.3) is 0 Å². The molecular weight excluding hydrogens is 257 g/mol. The SMILES string of the molecule is Cc1cnc(C2CC2)n1C1CCCNC1.Cl.Cl. The van der Waals surface area contributed by atoms with Crippen molar-refractivity contribution in [2.45, 2.75) is 44.6 Å². The largest absolute Gasteiger partial charge is 0.328 e. The van der Waals surface area contributed by atoms with Crippen molar-refractivity contribution in [3.05, 3.63) is 17.7 Å². The molecule has 1 aromatic heterocycles. The molecule has 3 rings (SSSR count). The Hall–Kier alpha value is -0.250. The molecule has 0 amide bonds. The van der Waals surface area contributed by atoms with E-state index in [2.05, 4.69) is 21.8 Å². The summed E-state index contributed by atoms with van der Waals surface area (Å²) in [6.07, 6.45) is 7.34. The maximum Gasteiger partial charge on any atom is 0.112 e. The number of hydrogen-bond donors (Lipinski definition) is 1. The molecule has 0 spiro atoms. The van der Waals surface area contributed by atoms with Crippen molar-refractivity contribution in [1.82, 2.24) is 14.9 Å². The van der Waals surface area contributed by atoms with Crippen LogP contribution in [0.2, 0.25) is 0 Å². The van der Waals surface area contributed by atoms with E-state index in [9.17, 15) is 0 Å². The fraction of sp³-hybridized carbons (Fsp3) is 0.750. The summed E-state index contributed by atoms with van der Waals surface area (Å²) in [6, 6.07) is 0.650. The van der Waals surface area contributed by atoms with Crippen LogP contribution < -0.4 is 5.32 Å². The maximum atomic E-state index is 4.59. The highest BCUT2D eigenvalue weighted by Crippen LogP contribution is 2.41. The van der Waals surface area contributed by atoms with Gasteiger partial charge in [0.1, 0.15) is 5.82 Å². The quantitative estimate of drug-likeness (QED) is 0.901. The molecule has 2 aliphatic rings. The van der Waals surface area contributed by atoms with Crippen molar-refractivity contribution < 1.29 is 0 Å². The van der Waals surface area contributed by atoms with Crippen LogP contribution in [0.4, 0.5) is 0 Å². The molecule has 1 saturated carbocycles. The molecule has 5 heteroatoms. The third-order valence-electron chi connectivity index (χ3n) is 3.59. The highest BCUT2D eigenvalue weighted by Gasteiger charge is 2.31. The van der Waals surface area contributed by atoms with Gasteiger partial charge in [-0.2, -0.15) is 0 Å². The molecule has 1 aromatic rings. The number of nitrogens with one attached hydrogen (secondary N) is 1. The molecule has 1 atom stereocenters. The van der Waals surface area contributed by atoms with Gasteiger partial charge in [-0.1, -0.05) is 0 Å². The van der Waals surface area contributed by atoms with Crippen LogP contribution in [-0.4, -0.2) is 22.6 Å². The predicted molar refractivity (Wildman–Crippen MR) is 74.6 cm³/mol. The first-order valence-electron chi connectivity index (χ1n) is 6.10. The molecule has 1 N–H and O–H groups in total. The van der Waals surface area contributed by atoms with Crippen LogP contribution >= 0.6 is 24.8 Å². The van der Waals surface area contributed by atoms with Gasteiger partial charge in [0, 0.05) is 30.4 Å². The Labute approximate surface area is 115 Å². The fourth-order valence-electron chi connectivity index (χ4n) is 2.64. The van der Waals surface area contributed by atoms with Crippen molar-refractivity contribution in [2.75, 3.05) is 13.1 Å². The Kier molecular flexibility index (Phi) is 5.29. The lowest BCUT2D eigenvalue weighted by Gasteiger charge is -2.27. The van der Waals surface area contributed by atoms with E-state index in [4.69, 9.17) is 0 Å². The van der Waals surface area contributed by atoms with Crippen molar-refractivity contribution in [1.29, 1.82) is 0 Å². The molecule has 1 aliphatic carbocycles. The summed E-state index contributed by atoms with van der Waals surface area (Å²) in [6.45, 7) is 4.49. The highest BCUT2D eigenvalue weighted by atomic mass is 35.5. The zero-order valence-corrected chi connectivity index (χ0v) is 11.8. The van der Waals surface area contributed by atoms with Crippen LogP contribution in [0.5, 0.6) is 0 Å². The topological polar surface area (TPSA) is 29.9 Å². The average molecular weight is 278 g/mol. The summed E-state index contributed by atoms with van der Waals surface area (Å²) in [7, 11) is 0. The van der Waals surface area contributed by atoms with Crippen molar-refractivity contribution in [3.63, 3.8) is 0 Å². The number of halogens is 2. The molecule has 98 valence electrons. The summed E-state index contributed by atoms with van der Waals surface area (Å²) >= 11 is 0. The Bertz CT molecular complexity index is 355. The molecule has 1 unspecified atom stereocenters. The van der Waals surface area contributed by atoms with Gasteiger partial charge in [0.2, 0.25) is 0 Å². The molecule has 1 aliphatic heterocycles. The minimum absolute atomic E-state index is 0. The number of imidazole rings is 1. The Morgan fingerprint density at radius 1 is 1.29 bits per heavy atom. The van der Waals surface area contributed by atoms with E-state index in [1.807, 2.05) is 6.20 Å². The second kappa shape index (κ2) is 6.07. The Morgan fingerprint density at radius 2 is 2.06 bits per heavy atom. The molecule has 1 saturated heterocycles. The number of aryl methyl sites for hydroxylation is 1. The second-order valence-corrected chi connectivity index (χ2v) is 4.90. The van der Waals surface area contributed by atoms with Crippen LogP contribution in [0.3, 0.4) is 0 Å². The standard InChI is InChI=1S/C12H19N3.2ClH/c1-9-7-14-12(10-4-5-10)15(9)11-3-2-6-13-8-11;;/h7,10-11,13H,2-6,8H2,1H3;2*1H. The third-order valence-corrected chi connectivity index (χ3v) is 3.59. The van der Waals surface area contributed by atoms with Crippen molar-refractivity contribution in [2.24, 2.45) is 0 Å². The van der Waals surface area contributed by atoms with Crippen LogP contribution in [-0.2, 0) is 0 Å². The van der Waals surface area contributed by atoms with Gasteiger partial charge in [0.25, 0.3) is 0 Å². The first kappa shape index (κ1) is 14.8. The van der Waals surface area contributed by atoms with Gasteiger partial charge in [-0.15, -0.1) is 24.8 Å². The van der Waals surface area contributed by atoms with Gasteiger partial charge >= 0.3 is 0 Å². The number of nitrogens with zero attached hydrogens (tertiary/aromatic N) is 2. The van der Waals surface area contributed by atoms with E-state index in [1.54, 1.807) is 0 Å². The van der Waals surface area contributed by atoms with Gasteiger partial charge in [-0.25, -0.2) is 4.98 Å². The molecule has 0 bridgehead atoms. The van der Waals surface area contributed by atoms with E-state index in [-0.39, 0.29) is 24.8 Å². The Balaban J connectivity index is 0.000000722. The molecule has 0 radical (unpaired) electrons. The summed E-state index contributed by atoms with van der Waals surface area (Å²) < 4.78 is 2.49. The van der Waals surface area contributed by atoms with Crippen LogP contribution in [0, 0.1) is 6.92 Å². The van der Waals surface area contributed by atoms with Gasteiger partial charge in [0.15, 0.2) is 0 Å². The molecule has 0 aromatic carbocycles. The maximum absolute atomic E-state index is 4.59. The number of hydrogen-bond acceptors (Lipinski definition) is 2. The van der Waals surface area contributed by atoms with Gasteiger partial charge in [0.05, 0.1) is 0 Å². The fourth-order valence-corrected chi connectivity index (χ4v) is 2.64. The lowest BCUT2D eigenvalue weighted by molar-refractivity contribution is 0.359. The van der Waals surface area contributed by atoms with Crippen molar-refractivity contribution in [3.8, 4) is 0 Å². The van der Waals surface area contributed by atoms with E-state index in [1.165, 1.54) is 43.7 Å². The monoisotopic (exact) mass is 277 g/mol. The molecule has 3 nitrogen and oxygen atoms in total. The van der Waals surface area contributed by atoms with Gasteiger partial charge < -0.3 is 9.88 Å². The van der Waals surface area contributed by atoms with E-state index in [0.29, 0.717) is 6.04 Å². The number of aromatic nitrogens is 2. The number of rotatable bonds is 2. The molecule has 17 heavy (non-hydrogen) atoms. The lowest BCUT2D eigenvalue weighted by Crippen LogP contribution is -2.32. The highest BCUT2D eigenvalue weighted by molar-refractivity contribution is 5.85. The minimum Gasteiger partial charge on any atom is -0.328 e. The lowest BCUT2D eigenvalue weighted by atomic mass is 10.1. The van der Waals surface area contributed by atoms with Gasteiger partial charge in [-0.3, -0.25) is 0 Å². The Morgan fingerprint density at radius 3 is 2.65 bits per heavy atom. The zero-order valence-electron chi connectivity index (χ0n) is 10.2. The summed E-state index contributed by atoms with van der Waals surface area (Å²) in [5, 5.41) is 3.49. The normalized spacial score (nSPS) is 23.7. The molecular formula is C12H21Cl2N3. The third kappa shape index (κ3) is 2.95. The van der Waals surface area contributed by atoms with Crippen LogP contribution in [0.1, 0.15) is 49.2 Å². The predicted octanol–water partition coefficient (Wildman–Crippen LogP) is 2.84.